The first-order chi connectivity index (χ1) is 21.2. The maximum absolute atomic E-state index is 14.1. The number of rotatable bonds is 6. The maximum Gasteiger partial charge on any atom is 0.243 e. The van der Waals surface area contributed by atoms with Gasteiger partial charge in [-0.1, -0.05) is 46.0 Å². The van der Waals surface area contributed by atoms with Gasteiger partial charge < -0.3 is 20.1 Å². The van der Waals surface area contributed by atoms with E-state index in [4.69, 9.17) is 0 Å². The van der Waals surface area contributed by atoms with Crippen molar-refractivity contribution >= 4 is 40.0 Å². The largest absolute Gasteiger partial charge is 0.385 e. The van der Waals surface area contributed by atoms with E-state index in [0.29, 0.717) is 37.3 Å². The maximum atomic E-state index is 14.1. The van der Waals surface area contributed by atoms with E-state index in [9.17, 15) is 19.2 Å². The van der Waals surface area contributed by atoms with Crippen LogP contribution in [0.4, 0.5) is 5.69 Å². The van der Waals surface area contributed by atoms with Crippen molar-refractivity contribution in [1.82, 2.24) is 14.8 Å². The number of nitrogens with one attached hydrogen (secondary N) is 2. The smallest absolute Gasteiger partial charge is 0.243 e. The predicted octanol–water partition coefficient (Wildman–Crippen LogP) is 6.04. The third kappa shape index (κ3) is 6.18. The molecular formula is C36H50N4O4. The van der Waals surface area contributed by atoms with Crippen molar-refractivity contribution in [2.45, 2.75) is 123 Å². The molecule has 2 aromatic rings. The molecule has 1 aromatic carbocycles. The van der Waals surface area contributed by atoms with Crippen LogP contribution in [0.3, 0.4) is 0 Å². The van der Waals surface area contributed by atoms with Gasteiger partial charge in [0, 0.05) is 60.2 Å². The molecule has 1 aromatic heterocycles. The van der Waals surface area contributed by atoms with Crippen LogP contribution in [0.1, 0.15) is 114 Å². The number of ketones is 2. The number of aryl methyl sites for hydroxylation is 1. The molecule has 3 heterocycles. The zero-order valence-corrected chi connectivity index (χ0v) is 26.9. The van der Waals surface area contributed by atoms with Gasteiger partial charge in [-0.3, -0.25) is 19.2 Å². The molecular weight excluding hydrogens is 552 g/mol. The van der Waals surface area contributed by atoms with E-state index in [1.54, 1.807) is 6.92 Å². The summed E-state index contributed by atoms with van der Waals surface area (Å²) in [5, 5.41) is 7.77. The molecule has 44 heavy (non-hydrogen) atoms. The summed E-state index contributed by atoms with van der Waals surface area (Å²) in [4.78, 5) is 54.9. The van der Waals surface area contributed by atoms with Crippen LogP contribution in [0.5, 0.6) is 0 Å². The first-order valence-electron chi connectivity index (χ1n) is 17.2. The number of amides is 2. The minimum Gasteiger partial charge on any atom is -0.385 e. The summed E-state index contributed by atoms with van der Waals surface area (Å²) in [6.07, 6.45) is 14.4. The minimum absolute atomic E-state index is 0.00953. The Balaban J connectivity index is 1.37. The fourth-order valence-electron chi connectivity index (χ4n) is 8.44. The second-order valence-electron chi connectivity index (χ2n) is 14.4. The summed E-state index contributed by atoms with van der Waals surface area (Å²) in [7, 11) is 0. The van der Waals surface area contributed by atoms with E-state index in [-0.39, 0.29) is 47.3 Å². The van der Waals surface area contributed by atoms with Crippen LogP contribution < -0.4 is 10.6 Å². The second kappa shape index (κ2) is 12.7. The summed E-state index contributed by atoms with van der Waals surface area (Å²) >= 11 is 0. The molecule has 2 N–H and O–H groups in total. The van der Waals surface area contributed by atoms with Crippen LogP contribution >= 0.6 is 0 Å². The van der Waals surface area contributed by atoms with Gasteiger partial charge in [0.2, 0.25) is 11.8 Å². The number of Topliss-reactive ketones (excluding diaryl/α,β-unsaturated/α-hetero) is 2. The number of carbonyl (C=O) groups excluding carboxylic acids is 4. The minimum atomic E-state index is -0.454. The molecule has 0 spiro atoms. The monoisotopic (exact) mass is 602 g/mol. The molecule has 2 amide bonds. The van der Waals surface area contributed by atoms with Crippen LogP contribution in [0, 0.1) is 17.3 Å². The summed E-state index contributed by atoms with van der Waals surface area (Å²) in [6, 6.07) is 3.84. The highest BCUT2D eigenvalue weighted by molar-refractivity contribution is 6.09. The van der Waals surface area contributed by atoms with Crippen LogP contribution in [0.2, 0.25) is 0 Å². The van der Waals surface area contributed by atoms with Gasteiger partial charge >= 0.3 is 0 Å². The van der Waals surface area contributed by atoms with Gasteiger partial charge in [0.05, 0.1) is 11.6 Å². The molecule has 2 aliphatic heterocycles. The molecule has 8 nitrogen and oxygen atoms in total. The fourth-order valence-corrected chi connectivity index (χ4v) is 8.44. The standard InChI is InChI=1S/C36H50N4O4/c1-4-31(42)30-17-36-18-32(36)40(30)34(44)21-39-20-29(24(3)41)28-16-27(37-19-25-11-6-5-7-12-25)15-26(35(28)39)13-9-8-10-23(2)14-33(43)38-22-36/h15-16,20,23,25,30,32,37H,4-14,17-19,21-22H2,1-3H3,(H,38,43)/t23-,30-,32+,36-/m0/s1. The molecule has 3 fully saturated rings. The summed E-state index contributed by atoms with van der Waals surface area (Å²) in [6.45, 7) is 7.15. The van der Waals surface area contributed by atoms with Gasteiger partial charge in [-0.05, 0) is 75.0 Å². The van der Waals surface area contributed by atoms with E-state index >= 15 is 0 Å². The van der Waals surface area contributed by atoms with Gasteiger partial charge in [-0.2, -0.15) is 0 Å². The van der Waals surface area contributed by atoms with Crippen molar-refractivity contribution in [3.63, 3.8) is 0 Å². The van der Waals surface area contributed by atoms with Gasteiger partial charge in [0.1, 0.15) is 6.54 Å². The Morgan fingerprint density at radius 2 is 1.82 bits per heavy atom. The molecule has 4 aliphatic rings. The first-order valence-corrected chi connectivity index (χ1v) is 17.2. The highest BCUT2D eigenvalue weighted by Gasteiger charge is 2.66. The number of aromatic nitrogens is 1. The summed E-state index contributed by atoms with van der Waals surface area (Å²) < 4.78 is 1.98. The van der Waals surface area contributed by atoms with Crippen molar-refractivity contribution in [3.8, 4) is 0 Å². The Labute approximate surface area is 261 Å². The zero-order chi connectivity index (χ0) is 31.0. The Bertz CT molecular complexity index is 1440. The van der Waals surface area contributed by atoms with Crippen molar-refractivity contribution < 1.29 is 19.2 Å². The molecule has 2 bridgehead atoms. The lowest BCUT2D eigenvalue weighted by molar-refractivity contribution is -0.139. The topological polar surface area (TPSA) is 101 Å². The van der Waals surface area contributed by atoms with Crippen LogP contribution in [0.15, 0.2) is 18.3 Å². The lowest BCUT2D eigenvalue weighted by atomic mass is 9.89. The fraction of sp³-hybridized carbons (Fsp3) is 0.667. The van der Waals surface area contributed by atoms with E-state index in [0.717, 1.165) is 60.8 Å². The Morgan fingerprint density at radius 3 is 2.57 bits per heavy atom. The number of hydrogen-bond acceptors (Lipinski definition) is 5. The lowest BCUT2D eigenvalue weighted by Gasteiger charge is -2.27. The number of benzene rings is 1. The summed E-state index contributed by atoms with van der Waals surface area (Å²) in [5.74, 6) is 1.01. The molecule has 0 unspecified atom stereocenters. The lowest BCUT2D eigenvalue weighted by Crippen LogP contribution is -2.44. The van der Waals surface area contributed by atoms with Crippen LogP contribution in [0.25, 0.3) is 10.9 Å². The van der Waals surface area contributed by atoms with E-state index < -0.39 is 6.04 Å². The highest BCUT2D eigenvalue weighted by atomic mass is 16.2. The molecule has 2 saturated carbocycles. The molecule has 2 aliphatic carbocycles. The van der Waals surface area contributed by atoms with Gasteiger partial charge in [0.15, 0.2) is 11.6 Å². The number of anilines is 1. The molecule has 6 rings (SSSR count). The SMILES string of the molecule is CCC(=O)[C@@H]1C[C@]23CNC(=O)C[C@@H](C)CCCCc4cc(NCC5CCCCC5)cc5c(C(C)=O)cn(c45)CC(=O)N1[C@@H]2C3. The predicted molar refractivity (Wildman–Crippen MR) is 173 cm³/mol. The highest BCUT2D eigenvalue weighted by Crippen LogP contribution is 2.59. The number of nitrogens with zero attached hydrogens (tertiary/aromatic N) is 2. The van der Waals surface area contributed by atoms with Crippen molar-refractivity contribution in [3.05, 3.63) is 29.5 Å². The van der Waals surface area contributed by atoms with E-state index in [1.807, 2.05) is 22.6 Å². The van der Waals surface area contributed by atoms with E-state index in [1.165, 1.54) is 32.1 Å². The van der Waals surface area contributed by atoms with Crippen molar-refractivity contribution in [1.29, 1.82) is 0 Å². The average molecular weight is 603 g/mol. The number of hydrogen-bond donors (Lipinski definition) is 2. The quantitative estimate of drug-likeness (QED) is 0.393. The first kappa shape index (κ1) is 30.8. The Kier molecular flexibility index (Phi) is 8.89. The van der Waals surface area contributed by atoms with Crippen LogP contribution in [-0.2, 0) is 27.3 Å². The van der Waals surface area contributed by atoms with Crippen molar-refractivity contribution in [2.24, 2.45) is 17.3 Å². The molecule has 238 valence electrons. The Morgan fingerprint density at radius 1 is 1.05 bits per heavy atom. The van der Waals surface area contributed by atoms with Gasteiger partial charge in [-0.15, -0.1) is 0 Å². The van der Waals surface area contributed by atoms with Crippen molar-refractivity contribution in [2.75, 3.05) is 18.4 Å². The normalized spacial score (nSPS) is 28.3. The number of carbonyl (C=O) groups is 4. The molecule has 8 heteroatoms. The Hall–Kier alpha value is -3.16. The molecule has 1 saturated heterocycles. The van der Waals surface area contributed by atoms with Gasteiger partial charge in [-0.25, -0.2) is 0 Å². The van der Waals surface area contributed by atoms with Crippen LogP contribution in [-0.4, -0.2) is 58.0 Å². The summed E-state index contributed by atoms with van der Waals surface area (Å²) in [5.41, 5.74) is 3.57. The van der Waals surface area contributed by atoms with Gasteiger partial charge in [0.25, 0.3) is 0 Å². The average Bonchev–Trinajstić information content (AvgIpc) is 3.42. The molecule has 4 atom stereocenters. The van der Waals surface area contributed by atoms with E-state index in [2.05, 4.69) is 29.7 Å². The molecule has 0 radical (unpaired) electrons. The third-order valence-corrected chi connectivity index (χ3v) is 11.0. The zero-order valence-electron chi connectivity index (χ0n) is 26.9. The third-order valence-electron chi connectivity index (χ3n) is 11.0. The second-order valence-corrected chi connectivity index (χ2v) is 14.4. The number of piperidine rings is 1.